The lowest BCUT2D eigenvalue weighted by Crippen LogP contribution is -2.44. The summed E-state index contributed by atoms with van der Waals surface area (Å²) in [5, 5.41) is 6.65. The number of hydrogen-bond acceptors (Lipinski definition) is 2. The number of nitrogens with zero attached hydrogens (tertiary/aromatic N) is 1. The molecule has 0 rings (SSSR count). The Balaban J connectivity index is 0. The van der Waals surface area contributed by atoms with E-state index in [2.05, 4.69) is 57.2 Å². The minimum atomic E-state index is 0. The molecule has 0 spiro atoms. The lowest BCUT2D eigenvalue weighted by atomic mass is 10.1. The molecule has 0 aliphatic carbocycles. The number of hydrogen-bond donors (Lipinski definition) is 2. The smallest absolute Gasteiger partial charge is 0.191 e. The second-order valence-corrected chi connectivity index (χ2v) is 5.41. The highest BCUT2D eigenvalue weighted by atomic mass is 127. The van der Waals surface area contributed by atoms with Crippen LogP contribution >= 0.6 is 24.0 Å². The normalized spacial score (nSPS) is 13.4. The molecule has 0 aliphatic rings. The van der Waals surface area contributed by atoms with Gasteiger partial charge in [-0.3, -0.25) is 4.99 Å². The molecule has 4 nitrogen and oxygen atoms in total. The Labute approximate surface area is 136 Å². The Morgan fingerprint density at radius 1 is 1.16 bits per heavy atom. The van der Waals surface area contributed by atoms with Crippen LogP contribution in [0.15, 0.2) is 4.99 Å². The highest BCUT2D eigenvalue weighted by molar-refractivity contribution is 14.0. The van der Waals surface area contributed by atoms with E-state index in [0.717, 1.165) is 19.1 Å². The molecule has 0 fully saturated rings. The molecule has 116 valence electrons. The summed E-state index contributed by atoms with van der Waals surface area (Å²) in [6.07, 6.45) is 0. The minimum Gasteiger partial charge on any atom is -0.379 e. The average molecular weight is 385 g/mol. The van der Waals surface area contributed by atoms with Gasteiger partial charge in [0.25, 0.3) is 0 Å². The molecular formula is C14H32IN3O. The summed E-state index contributed by atoms with van der Waals surface area (Å²) in [6.45, 7) is 16.0. The zero-order chi connectivity index (χ0) is 14.0. The van der Waals surface area contributed by atoms with Gasteiger partial charge in [0.2, 0.25) is 0 Å². The van der Waals surface area contributed by atoms with Crippen LogP contribution in [0, 0.1) is 11.8 Å². The maximum absolute atomic E-state index is 5.51. The number of aliphatic imine (C=N–C) groups is 1. The zero-order valence-corrected chi connectivity index (χ0v) is 15.7. The molecule has 0 heterocycles. The number of nitrogens with one attached hydrogen (secondary N) is 2. The summed E-state index contributed by atoms with van der Waals surface area (Å²) in [7, 11) is 0. The van der Waals surface area contributed by atoms with Gasteiger partial charge in [0.1, 0.15) is 0 Å². The maximum Gasteiger partial charge on any atom is 0.191 e. The van der Waals surface area contributed by atoms with Crippen molar-refractivity contribution in [1.29, 1.82) is 0 Å². The van der Waals surface area contributed by atoms with Crippen molar-refractivity contribution in [3.05, 3.63) is 0 Å². The van der Waals surface area contributed by atoms with Gasteiger partial charge in [0, 0.05) is 19.2 Å². The van der Waals surface area contributed by atoms with E-state index < -0.39 is 0 Å². The standard InChI is InChI=1S/C14H31N3O.HI/c1-7-15-14(17-13(6)12(4)5)16-8-9-18-10-11(2)3;/h11-13H,7-10H2,1-6H3,(H2,15,16,17);1H. The largest absolute Gasteiger partial charge is 0.379 e. The fourth-order valence-electron chi connectivity index (χ4n) is 1.24. The monoisotopic (exact) mass is 385 g/mol. The van der Waals surface area contributed by atoms with Crippen molar-refractivity contribution in [2.45, 2.75) is 47.6 Å². The molecule has 1 atom stereocenters. The molecule has 5 heteroatoms. The zero-order valence-electron chi connectivity index (χ0n) is 13.3. The van der Waals surface area contributed by atoms with Gasteiger partial charge < -0.3 is 15.4 Å². The van der Waals surface area contributed by atoms with Crippen molar-refractivity contribution in [1.82, 2.24) is 10.6 Å². The molecular weight excluding hydrogens is 353 g/mol. The van der Waals surface area contributed by atoms with Gasteiger partial charge in [-0.15, -0.1) is 24.0 Å². The quantitative estimate of drug-likeness (QED) is 0.292. The van der Waals surface area contributed by atoms with Gasteiger partial charge in [-0.25, -0.2) is 0 Å². The number of rotatable bonds is 8. The summed E-state index contributed by atoms with van der Waals surface area (Å²) in [5.41, 5.74) is 0. The van der Waals surface area contributed by atoms with E-state index in [-0.39, 0.29) is 24.0 Å². The first-order valence-electron chi connectivity index (χ1n) is 7.09. The van der Waals surface area contributed by atoms with Crippen LogP contribution in [0.25, 0.3) is 0 Å². The van der Waals surface area contributed by atoms with Gasteiger partial charge in [-0.1, -0.05) is 27.7 Å². The third-order valence-electron chi connectivity index (χ3n) is 2.67. The summed E-state index contributed by atoms with van der Waals surface area (Å²) < 4.78 is 5.51. The van der Waals surface area contributed by atoms with Crippen molar-refractivity contribution in [2.75, 3.05) is 26.3 Å². The summed E-state index contributed by atoms with van der Waals surface area (Å²) in [4.78, 5) is 4.50. The highest BCUT2D eigenvalue weighted by Gasteiger charge is 2.08. The number of ether oxygens (including phenoxy) is 1. The average Bonchev–Trinajstić information content (AvgIpc) is 2.28. The van der Waals surface area contributed by atoms with Gasteiger partial charge in [0.15, 0.2) is 5.96 Å². The molecule has 2 N–H and O–H groups in total. The minimum absolute atomic E-state index is 0. The first-order valence-corrected chi connectivity index (χ1v) is 7.09. The summed E-state index contributed by atoms with van der Waals surface area (Å²) >= 11 is 0. The molecule has 19 heavy (non-hydrogen) atoms. The predicted octanol–water partition coefficient (Wildman–Crippen LogP) is 2.88. The molecule has 0 saturated carbocycles. The maximum atomic E-state index is 5.51. The molecule has 0 saturated heterocycles. The van der Waals surface area contributed by atoms with E-state index >= 15 is 0 Å². The molecule has 0 aliphatic heterocycles. The van der Waals surface area contributed by atoms with E-state index in [9.17, 15) is 0 Å². The fraction of sp³-hybridized carbons (Fsp3) is 0.929. The Morgan fingerprint density at radius 2 is 1.79 bits per heavy atom. The van der Waals surface area contributed by atoms with Crippen LogP contribution in [0.2, 0.25) is 0 Å². The first kappa shape index (κ1) is 21.3. The van der Waals surface area contributed by atoms with Gasteiger partial charge in [-0.05, 0) is 25.7 Å². The van der Waals surface area contributed by atoms with Crippen LogP contribution in [-0.2, 0) is 4.74 Å². The van der Waals surface area contributed by atoms with E-state index in [0.29, 0.717) is 31.0 Å². The van der Waals surface area contributed by atoms with Crippen LogP contribution < -0.4 is 10.6 Å². The van der Waals surface area contributed by atoms with Crippen LogP contribution in [-0.4, -0.2) is 38.3 Å². The van der Waals surface area contributed by atoms with E-state index in [1.165, 1.54) is 0 Å². The van der Waals surface area contributed by atoms with Crippen molar-refractivity contribution in [3.63, 3.8) is 0 Å². The Kier molecular flexibility index (Phi) is 14.5. The Hall–Kier alpha value is -0.0400. The second-order valence-electron chi connectivity index (χ2n) is 5.41. The van der Waals surface area contributed by atoms with Crippen LogP contribution in [0.3, 0.4) is 0 Å². The van der Waals surface area contributed by atoms with Crippen molar-refractivity contribution >= 4 is 29.9 Å². The molecule has 0 radical (unpaired) electrons. The predicted molar refractivity (Wildman–Crippen MR) is 94.5 cm³/mol. The van der Waals surface area contributed by atoms with Gasteiger partial charge in [0.05, 0.1) is 13.2 Å². The van der Waals surface area contributed by atoms with Crippen molar-refractivity contribution in [2.24, 2.45) is 16.8 Å². The van der Waals surface area contributed by atoms with Gasteiger partial charge >= 0.3 is 0 Å². The number of halogens is 1. The van der Waals surface area contributed by atoms with E-state index in [1.807, 2.05) is 0 Å². The van der Waals surface area contributed by atoms with Crippen molar-refractivity contribution < 1.29 is 4.74 Å². The van der Waals surface area contributed by atoms with E-state index in [4.69, 9.17) is 4.74 Å². The first-order chi connectivity index (χ1) is 8.47. The summed E-state index contributed by atoms with van der Waals surface area (Å²) in [5.74, 6) is 2.05. The van der Waals surface area contributed by atoms with Crippen LogP contribution in [0.1, 0.15) is 41.5 Å². The Morgan fingerprint density at radius 3 is 2.26 bits per heavy atom. The lowest BCUT2D eigenvalue weighted by molar-refractivity contribution is 0.117. The number of guanidine groups is 1. The third kappa shape index (κ3) is 12.7. The SMILES string of the molecule is CCNC(=NCCOCC(C)C)NC(C)C(C)C.I. The van der Waals surface area contributed by atoms with Crippen LogP contribution in [0.4, 0.5) is 0 Å². The molecule has 0 aromatic heterocycles. The van der Waals surface area contributed by atoms with E-state index in [1.54, 1.807) is 0 Å². The Bertz CT molecular complexity index is 233. The summed E-state index contributed by atoms with van der Waals surface area (Å²) in [6, 6.07) is 0.416. The lowest BCUT2D eigenvalue weighted by Gasteiger charge is -2.20. The van der Waals surface area contributed by atoms with Crippen LogP contribution in [0.5, 0.6) is 0 Å². The highest BCUT2D eigenvalue weighted by Crippen LogP contribution is 1.99. The van der Waals surface area contributed by atoms with Crippen molar-refractivity contribution in [3.8, 4) is 0 Å². The molecule has 0 amide bonds. The molecule has 0 aromatic rings. The third-order valence-corrected chi connectivity index (χ3v) is 2.67. The fourth-order valence-corrected chi connectivity index (χ4v) is 1.24. The van der Waals surface area contributed by atoms with Gasteiger partial charge in [-0.2, -0.15) is 0 Å². The topological polar surface area (TPSA) is 45.7 Å². The molecule has 1 unspecified atom stereocenters. The molecule has 0 aromatic carbocycles. The second kappa shape index (κ2) is 13.0. The molecule has 0 bridgehead atoms.